The second-order valence-corrected chi connectivity index (χ2v) is 4.30. The summed E-state index contributed by atoms with van der Waals surface area (Å²) in [6.07, 6.45) is 0. The van der Waals surface area contributed by atoms with Crippen LogP contribution in [0.15, 0.2) is 18.9 Å². The van der Waals surface area contributed by atoms with Crippen LogP contribution < -0.4 is 0 Å². The molecule has 0 unspecified atom stereocenters. The second kappa shape index (κ2) is 5.19. The Morgan fingerprint density at radius 2 is 1.25 bits per heavy atom. The summed E-state index contributed by atoms with van der Waals surface area (Å²) in [5.74, 6) is 0. The number of hydrogen-bond acceptors (Lipinski definition) is 2. The molecule has 0 atom stereocenters. The Labute approximate surface area is 57.3 Å². The Balaban J connectivity index is 0. The highest BCUT2D eigenvalue weighted by Gasteiger charge is 1.88. The zero-order valence-corrected chi connectivity index (χ0v) is 6.22. The van der Waals surface area contributed by atoms with Gasteiger partial charge in [-0.25, -0.2) is 0 Å². The van der Waals surface area contributed by atoms with Gasteiger partial charge >= 0.3 is 8.26 Å². The van der Waals surface area contributed by atoms with E-state index in [2.05, 4.69) is 40.3 Å². The van der Waals surface area contributed by atoms with Crippen LogP contribution in [-0.4, -0.2) is 8.42 Å². The van der Waals surface area contributed by atoms with Crippen molar-refractivity contribution in [2.24, 2.45) is 0 Å². The Morgan fingerprint density at radius 1 is 1.25 bits per heavy atom. The van der Waals surface area contributed by atoms with Gasteiger partial charge in [-0.05, 0) is 0 Å². The molecule has 0 radical (unpaired) electrons. The van der Waals surface area contributed by atoms with Gasteiger partial charge in [-0.15, -0.1) is 5.73 Å². The molecule has 0 rings (SSSR count). The maximum atomic E-state index is 9.16. The molecule has 2 nitrogen and oxygen atoms in total. The summed E-state index contributed by atoms with van der Waals surface area (Å²) in [5, 5.41) is 0. The first-order valence-corrected chi connectivity index (χ1v) is 4.48. The fourth-order valence-corrected chi connectivity index (χ4v) is 0. The van der Waals surface area contributed by atoms with E-state index in [0.717, 1.165) is 0 Å². The molecule has 0 aliphatic rings. The summed E-state index contributed by atoms with van der Waals surface area (Å²) < 4.78 is 18.3. The van der Waals surface area contributed by atoms with Crippen LogP contribution in [0.25, 0.3) is 0 Å². The maximum Gasteiger partial charge on any atom is 0.317 e. The Morgan fingerprint density at radius 3 is 1.25 bits per heavy atom. The third-order valence-electron chi connectivity index (χ3n) is 0. The zero-order valence-electron chi connectivity index (χ0n) is 3.89. The lowest BCUT2D eigenvalue weighted by molar-refractivity contribution is 0.621. The highest BCUT2D eigenvalue weighted by Crippen LogP contribution is 1.98. The number of hydrogen-bond donors (Lipinski definition) is 0. The van der Waals surface area contributed by atoms with E-state index < -0.39 is 8.26 Å². The molecule has 48 valence electrons. The molecular formula is C3H4Cl2O2S. The summed E-state index contributed by atoms with van der Waals surface area (Å²) in [5.41, 5.74) is 2.25. The van der Waals surface area contributed by atoms with Gasteiger partial charge in [0.05, 0.1) is 0 Å². The van der Waals surface area contributed by atoms with E-state index >= 15 is 0 Å². The summed E-state index contributed by atoms with van der Waals surface area (Å²) in [7, 11) is 4.81. The van der Waals surface area contributed by atoms with Crippen molar-refractivity contribution in [3.05, 3.63) is 18.9 Å². The van der Waals surface area contributed by atoms with E-state index in [1.807, 2.05) is 0 Å². The van der Waals surface area contributed by atoms with Crippen molar-refractivity contribution in [2.75, 3.05) is 0 Å². The quantitative estimate of drug-likeness (QED) is 0.414. The highest BCUT2D eigenvalue weighted by molar-refractivity contribution is 8.31. The van der Waals surface area contributed by atoms with Gasteiger partial charge in [0.1, 0.15) is 0 Å². The lowest BCUT2D eigenvalue weighted by atomic mass is 11.0. The molecule has 0 aromatic heterocycles. The standard InChI is InChI=1S/C3H4.Cl2O2S/c1-3-2;1-5(2,3)4/h1-2H2;. The van der Waals surface area contributed by atoms with Gasteiger partial charge in [-0.1, -0.05) is 13.2 Å². The molecule has 0 aromatic rings. The minimum atomic E-state index is -3.72. The normalized spacial score (nSPS) is 8.25. The minimum absolute atomic E-state index is 2.25. The molecule has 0 aromatic carbocycles. The average molecular weight is 175 g/mol. The SMILES string of the molecule is C=C=C.O=S(=O)(Cl)Cl. The van der Waals surface area contributed by atoms with E-state index in [9.17, 15) is 0 Å². The van der Waals surface area contributed by atoms with Gasteiger partial charge in [0, 0.05) is 21.4 Å². The van der Waals surface area contributed by atoms with Gasteiger partial charge < -0.3 is 0 Å². The summed E-state index contributed by atoms with van der Waals surface area (Å²) in [6, 6.07) is 0. The van der Waals surface area contributed by atoms with Gasteiger partial charge in [-0.3, -0.25) is 0 Å². The smallest absolute Gasteiger partial charge is 0.195 e. The predicted molar refractivity (Wildman–Crippen MR) is 35.4 cm³/mol. The van der Waals surface area contributed by atoms with Crippen LogP contribution in [0, 0.1) is 0 Å². The fourth-order valence-electron chi connectivity index (χ4n) is 0. The van der Waals surface area contributed by atoms with Crippen molar-refractivity contribution >= 4 is 29.6 Å². The Hall–Kier alpha value is 0.0500. The van der Waals surface area contributed by atoms with Crippen LogP contribution in [0.2, 0.25) is 0 Å². The van der Waals surface area contributed by atoms with Crippen molar-refractivity contribution in [1.82, 2.24) is 0 Å². The molecule has 8 heavy (non-hydrogen) atoms. The summed E-state index contributed by atoms with van der Waals surface area (Å²) in [4.78, 5) is 0. The first kappa shape index (κ1) is 10.9. The summed E-state index contributed by atoms with van der Waals surface area (Å²) >= 11 is 0. The third-order valence-corrected chi connectivity index (χ3v) is 0. The fraction of sp³-hybridized carbons (Fsp3) is 0. The van der Waals surface area contributed by atoms with Crippen molar-refractivity contribution < 1.29 is 8.42 Å². The van der Waals surface area contributed by atoms with Gasteiger partial charge in [0.2, 0.25) is 0 Å². The van der Waals surface area contributed by atoms with Crippen molar-refractivity contribution in [3.63, 3.8) is 0 Å². The van der Waals surface area contributed by atoms with Crippen molar-refractivity contribution in [1.29, 1.82) is 0 Å². The molecule has 0 spiro atoms. The van der Waals surface area contributed by atoms with Gasteiger partial charge in [0.25, 0.3) is 0 Å². The molecule has 0 fully saturated rings. The van der Waals surface area contributed by atoms with Gasteiger partial charge in [0.15, 0.2) is 0 Å². The summed E-state index contributed by atoms with van der Waals surface area (Å²) in [6.45, 7) is 6.25. The minimum Gasteiger partial charge on any atom is -0.195 e. The van der Waals surface area contributed by atoms with E-state index in [4.69, 9.17) is 8.42 Å². The Kier molecular flexibility index (Phi) is 7.09. The second-order valence-electron chi connectivity index (χ2n) is 0.628. The van der Waals surface area contributed by atoms with Crippen LogP contribution >= 0.6 is 21.4 Å². The number of rotatable bonds is 0. The topological polar surface area (TPSA) is 34.1 Å². The van der Waals surface area contributed by atoms with E-state index in [0.29, 0.717) is 0 Å². The van der Waals surface area contributed by atoms with E-state index in [-0.39, 0.29) is 0 Å². The first-order valence-electron chi connectivity index (χ1n) is 1.35. The first-order chi connectivity index (χ1) is 3.41. The molecule has 0 saturated heterocycles. The third kappa shape index (κ3) is 61700. The molecule has 0 aliphatic heterocycles. The van der Waals surface area contributed by atoms with Crippen LogP contribution in [0.5, 0.6) is 0 Å². The average Bonchev–Trinajstić information content (AvgIpc) is 1.27. The molecule has 0 bridgehead atoms. The lowest BCUT2D eigenvalue weighted by Crippen LogP contribution is -1.63. The van der Waals surface area contributed by atoms with Crippen molar-refractivity contribution in [3.8, 4) is 0 Å². The monoisotopic (exact) mass is 174 g/mol. The Bertz CT molecular complexity index is 156. The molecule has 0 amide bonds. The molecule has 0 saturated carbocycles. The van der Waals surface area contributed by atoms with E-state index in [1.165, 1.54) is 0 Å². The lowest BCUT2D eigenvalue weighted by Gasteiger charge is -1.61. The zero-order chi connectivity index (χ0) is 7.21. The molecule has 0 N–H and O–H groups in total. The van der Waals surface area contributed by atoms with Crippen LogP contribution in [0.1, 0.15) is 0 Å². The van der Waals surface area contributed by atoms with Crippen molar-refractivity contribution in [2.45, 2.75) is 0 Å². The molecule has 5 heteroatoms. The molecule has 0 heterocycles. The van der Waals surface area contributed by atoms with Crippen LogP contribution in [-0.2, 0) is 8.26 Å². The largest absolute Gasteiger partial charge is 0.317 e. The van der Waals surface area contributed by atoms with Crippen LogP contribution in [0.4, 0.5) is 0 Å². The van der Waals surface area contributed by atoms with E-state index in [1.54, 1.807) is 0 Å². The van der Waals surface area contributed by atoms with Crippen LogP contribution in [0.3, 0.4) is 0 Å². The van der Waals surface area contributed by atoms with Gasteiger partial charge in [-0.2, -0.15) is 8.42 Å². The maximum absolute atomic E-state index is 9.16. The molecule has 0 aliphatic carbocycles. The molecular weight excluding hydrogens is 171 g/mol. The highest BCUT2D eigenvalue weighted by atomic mass is 36.0. The predicted octanol–water partition coefficient (Wildman–Crippen LogP) is 1.67. The number of halogens is 2.